The van der Waals surface area contributed by atoms with Crippen LogP contribution in [0.15, 0.2) is 36.7 Å². The number of nitrogens with zero attached hydrogens (tertiary/aromatic N) is 1. The summed E-state index contributed by atoms with van der Waals surface area (Å²) in [5, 5.41) is 0. The maximum Gasteiger partial charge on any atom is 0.317 e. The minimum Gasteiger partial charge on any atom is -0.468 e. The molecule has 5 heteroatoms. The lowest BCUT2D eigenvalue weighted by molar-refractivity contribution is -0.139. The summed E-state index contributed by atoms with van der Waals surface area (Å²) < 4.78 is 7.01. The molecule has 0 unspecified atom stereocenters. The van der Waals surface area contributed by atoms with Crippen LogP contribution in [-0.4, -0.2) is 22.6 Å². The normalized spacial score (nSPS) is 9.53. The van der Waals surface area contributed by atoms with E-state index in [0.29, 0.717) is 4.77 Å². The van der Waals surface area contributed by atoms with Crippen LogP contribution in [0.4, 0.5) is 0 Å². The molecule has 0 radical (unpaired) electrons. The van der Waals surface area contributed by atoms with Crippen molar-refractivity contribution in [1.29, 1.82) is 0 Å². The van der Waals surface area contributed by atoms with Gasteiger partial charge in [-0.05, 0) is 36.5 Å². The molecular weight excluding hydrogens is 260 g/mol. The molecule has 0 atom stereocenters. The molecule has 2 rings (SSSR count). The van der Waals surface area contributed by atoms with E-state index in [0.717, 1.165) is 11.3 Å². The molecule has 4 nitrogen and oxygen atoms in total. The van der Waals surface area contributed by atoms with E-state index in [2.05, 4.69) is 21.6 Å². The zero-order valence-corrected chi connectivity index (χ0v) is 11.2. The van der Waals surface area contributed by atoms with Gasteiger partial charge in [0, 0.05) is 23.6 Å². The Morgan fingerprint density at radius 2 is 2.16 bits per heavy atom. The molecule has 0 amide bonds. The van der Waals surface area contributed by atoms with E-state index in [-0.39, 0.29) is 12.4 Å². The fraction of sp³-hybridized carbons (Fsp3) is 0.143. The first kappa shape index (κ1) is 13.1. The van der Waals surface area contributed by atoms with Crippen molar-refractivity contribution < 1.29 is 9.53 Å². The summed E-state index contributed by atoms with van der Waals surface area (Å²) in [5.41, 5.74) is 1.81. The number of aromatic amines is 1. The summed E-state index contributed by atoms with van der Waals surface area (Å²) in [6.07, 6.45) is 3.74. The second-order valence-electron chi connectivity index (χ2n) is 3.74. The van der Waals surface area contributed by atoms with Crippen molar-refractivity contribution in [2.45, 2.75) is 6.42 Å². The number of ether oxygens (including phenoxy) is 1. The predicted octanol–water partition coefficient (Wildman–Crippen LogP) is 2.45. The third-order valence-electron chi connectivity index (χ3n) is 2.49. The highest BCUT2D eigenvalue weighted by Crippen LogP contribution is 2.09. The SMILES string of the molecule is COC(=O)CC#Cc1ccc(-n2cc[nH]c2=S)cc1. The van der Waals surface area contributed by atoms with Gasteiger partial charge >= 0.3 is 5.97 Å². The second kappa shape index (κ2) is 6.03. The Morgan fingerprint density at radius 3 is 2.74 bits per heavy atom. The van der Waals surface area contributed by atoms with E-state index in [1.165, 1.54) is 7.11 Å². The second-order valence-corrected chi connectivity index (χ2v) is 4.12. The molecule has 1 N–H and O–H groups in total. The minimum absolute atomic E-state index is 0.0983. The standard InChI is InChI=1S/C14H12N2O2S/c1-18-13(17)4-2-3-11-5-7-12(8-6-11)16-10-9-15-14(16)19/h5-10H,4H2,1H3,(H,15,19). The number of methoxy groups -OCH3 is 1. The van der Waals surface area contributed by atoms with Crippen LogP contribution in [0.5, 0.6) is 0 Å². The lowest BCUT2D eigenvalue weighted by atomic mass is 10.2. The van der Waals surface area contributed by atoms with Gasteiger partial charge in [0.1, 0.15) is 6.42 Å². The molecule has 0 aliphatic rings. The van der Waals surface area contributed by atoms with Crippen LogP contribution < -0.4 is 0 Å². The molecule has 2 aromatic rings. The van der Waals surface area contributed by atoms with Crippen LogP contribution >= 0.6 is 12.2 Å². The number of benzene rings is 1. The number of imidazole rings is 1. The number of rotatable bonds is 2. The zero-order valence-electron chi connectivity index (χ0n) is 10.3. The number of H-pyrrole nitrogens is 1. The van der Waals surface area contributed by atoms with E-state index in [9.17, 15) is 4.79 Å². The molecule has 0 saturated carbocycles. The molecule has 19 heavy (non-hydrogen) atoms. The number of carbonyl (C=O) groups excluding carboxylic acids is 1. The van der Waals surface area contributed by atoms with Crippen molar-refractivity contribution in [3.63, 3.8) is 0 Å². The van der Waals surface area contributed by atoms with Gasteiger partial charge in [0.05, 0.1) is 7.11 Å². The quantitative estimate of drug-likeness (QED) is 0.519. The highest BCUT2D eigenvalue weighted by Gasteiger charge is 1.97. The van der Waals surface area contributed by atoms with Crippen LogP contribution in [0, 0.1) is 16.6 Å². The van der Waals surface area contributed by atoms with Gasteiger partial charge in [0.2, 0.25) is 0 Å². The van der Waals surface area contributed by atoms with Gasteiger partial charge < -0.3 is 9.72 Å². The molecule has 0 spiro atoms. The average Bonchev–Trinajstić information content (AvgIpc) is 2.85. The lowest BCUT2D eigenvalue weighted by Gasteiger charge is -2.01. The van der Waals surface area contributed by atoms with Crippen molar-refractivity contribution in [3.8, 4) is 17.5 Å². The van der Waals surface area contributed by atoms with Gasteiger partial charge in [-0.3, -0.25) is 9.36 Å². The Kier molecular flexibility index (Phi) is 4.16. The van der Waals surface area contributed by atoms with Crippen molar-refractivity contribution >= 4 is 18.2 Å². The Bertz CT molecular complexity index is 686. The molecule has 1 aromatic carbocycles. The third kappa shape index (κ3) is 3.33. The summed E-state index contributed by atoms with van der Waals surface area (Å²) in [4.78, 5) is 13.8. The van der Waals surface area contributed by atoms with Crippen LogP contribution in [-0.2, 0) is 9.53 Å². The van der Waals surface area contributed by atoms with E-state index < -0.39 is 0 Å². The predicted molar refractivity (Wildman–Crippen MR) is 74.5 cm³/mol. The van der Waals surface area contributed by atoms with Crippen molar-refractivity contribution in [3.05, 3.63) is 47.0 Å². The van der Waals surface area contributed by atoms with Crippen LogP contribution in [0.1, 0.15) is 12.0 Å². The van der Waals surface area contributed by atoms with Gasteiger partial charge in [-0.15, -0.1) is 0 Å². The highest BCUT2D eigenvalue weighted by atomic mass is 32.1. The van der Waals surface area contributed by atoms with Crippen LogP contribution in [0.25, 0.3) is 5.69 Å². The Hall–Kier alpha value is -2.32. The topological polar surface area (TPSA) is 47.0 Å². The number of esters is 1. The summed E-state index contributed by atoms with van der Waals surface area (Å²) in [6, 6.07) is 7.61. The first-order chi connectivity index (χ1) is 9.20. The molecule has 1 heterocycles. The fourth-order valence-corrected chi connectivity index (χ4v) is 1.75. The Labute approximate surface area is 116 Å². The number of nitrogens with one attached hydrogen (secondary N) is 1. The molecular formula is C14H12N2O2S. The largest absolute Gasteiger partial charge is 0.468 e. The van der Waals surface area contributed by atoms with Gasteiger partial charge in [0.25, 0.3) is 0 Å². The van der Waals surface area contributed by atoms with E-state index in [1.807, 2.05) is 35.0 Å². The number of carbonyl (C=O) groups is 1. The van der Waals surface area contributed by atoms with E-state index in [1.54, 1.807) is 6.20 Å². The minimum atomic E-state index is -0.331. The van der Waals surface area contributed by atoms with Crippen molar-refractivity contribution in [1.82, 2.24) is 9.55 Å². The maximum atomic E-state index is 10.9. The number of hydrogen-bond donors (Lipinski definition) is 1. The third-order valence-corrected chi connectivity index (χ3v) is 2.80. The van der Waals surface area contributed by atoms with E-state index in [4.69, 9.17) is 12.2 Å². The van der Waals surface area contributed by atoms with Crippen LogP contribution in [0.3, 0.4) is 0 Å². The molecule has 0 saturated heterocycles. The van der Waals surface area contributed by atoms with Crippen molar-refractivity contribution in [2.75, 3.05) is 7.11 Å². The lowest BCUT2D eigenvalue weighted by Crippen LogP contribution is -1.97. The Morgan fingerprint density at radius 1 is 1.42 bits per heavy atom. The first-order valence-electron chi connectivity index (χ1n) is 5.63. The van der Waals surface area contributed by atoms with Gasteiger partial charge in [0.15, 0.2) is 4.77 Å². The number of hydrogen-bond acceptors (Lipinski definition) is 3. The summed E-state index contributed by atoms with van der Waals surface area (Å²) in [7, 11) is 1.35. The zero-order chi connectivity index (χ0) is 13.7. The summed E-state index contributed by atoms with van der Waals surface area (Å²) >= 11 is 5.14. The molecule has 0 bridgehead atoms. The Balaban J connectivity index is 2.13. The highest BCUT2D eigenvalue weighted by molar-refractivity contribution is 7.71. The molecule has 0 aliphatic carbocycles. The molecule has 0 aliphatic heterocycles. The molecule has 96 valence electrons. The smallest absolute Gasteiger partial charge is 0.317 e. The molecule has 1 aromatic heterocycles. The molecule has 0 fully saturated rings. The average molecular weight is 272 g/mol. The summed E-state index contributed by atoms with van der Waals surface area (Å²) in [5.74, 6) is 5.33. The fourth-order valence-electron chi connectivity index (χ4n) is 1.52. The van der Waals surface area contributed by atoms with Gasteiger partial charge in [-0.1, -0.05) is 11.8 Å². The van der Waals surface area contributed by atoms with Crippen LogP contribution in [0.2, 0.25) is 0 Å². The van der Waals surface area contributed by atoms with Gasteiger partial charge in [-0.25, -0.2) is 0 Å². The maximum absolute atomic E-state index is 10.9. The van der Waals surface area contributed by atoms with E-state index >= 15 is 0 Å². The van der Waals surface area contributed by atoms with Crippen molar-refractivity contribution in [2.24, 2.45) is 0 Å². The first-order valence-corrected chi connectivity index (χ1v) is 6.03. The summed E-state index contributed by atoms with van der Waals surface area (Å²) in [6.45, 7) is 0. The monoisotopic (exact) mass is 272 g/mol. The van der Waals surface area contributed by atoms with Gasteiger partial charge in [-0.2, -0.15) is 0 Å². The number of aromatic nitrogens is 2.